The molecule has 7 heteroatoms. The first-order valence-electron chi connectivity index (χ1n) is 7.97. The monoisotopic (exact) mass is 477 g/mol. The van der Waals surface area contributed by atoms with Gasteiger partial charge in [-0.3, -0.25) is 0 Å². The molecule has 25 heavy (non-hydrogen) atoms. The topological polar surface area (TPSA) is 58.8 Å². The van der Waals surface area contributed by atoms with Gasteiger partial charge in [0.1, 0.15) is 5.76 Å². The van der Waals surface area contributed by atoms with Crippen LogP contribution in [0.1, 0.15) is 16.9 Å². The fourth-order valence-corrected chi connectivity index (χ4v) is 2.30. The number of aliphatic imine (C=N–C) groups is 1. The highest BCUT2D eigenvalue weighted by molar-refractivity contribution is 14.0. The minimum atomic E-state index is 0. The Balaban J connectivity index is 0.00000312. The van der Waals surface area contributed by atoms with E-state index in [1.165, 1.54) is 0 Å². The molecule has 0 amide bonds. The van der Waals surface area contributed by atoms with Crippen LogP contribution < -0.4 is 10.6 Å². The number of guanidine groups is 1. The molecule has 2 aromatic rings. The van der Waals surface area contributed by atoms with E-state index in [1.807, 2.05) is 31.2 Å². The standard InChI is InChI=1S/C18H24ClN3O2.HI/c1-14-12-15(5-6-17(14)19)13-22-18(21-9-11-23-2)20-8-7-16-4-3-10-24-16;/h3-6,10,12H,7-9,11,13H2,1-2H3,(H2,20,21,22);1H. The summed E-state index contributed by atoms with van der Waals surface area (Å²) in [5.41, 5.74) is 2.18. The van der Waals surface area contributed by atoms with Gasteiger partial charge in [-0.15, -0.1) is 24.0 Å². The first-order valence-corrected chi connectivity index (χ1v) is 8.35. The molecular weight excluding hydrogens is 453 g/mol. The maximum absolute atomic E-state index is 6.06. The third-order valence-corrected chi connectivity index (χ3v) is 3.91. The molecule has 0 saturated carbocycles. The number of rotatable bonds is 8. The molecule has 138 valence electrons. The van der Waals surface area contributed by atoms with Crippen molar-refractivity contribution in [3.8, 4) is 0 Å². The summed E-state index contributed by atoms with van der Waals surface area (Å²) in [6.45, 7) is 4.64. The second-order valence-corrected chi connectivity index (χ2v) is 5.83. The number of benzene rings is 1. The van der Waals surface area contributed by atoms with Gasteiger partial charge in [-0.05, 0) is 36.2 Å². The highest BCUT2D eigenvalue weighted by atomic mass is 127. The number of furan rings is 1. The van der Waals surface area contributed by atoms with Crippen molar-refractivity contribution in [1.82, 2.24) is 10.6 Å². The molecule has 0 spiro atoms. The summed E-state index contributed by atoms with van der Waals surface area (Å²) in [7, 11) is 1.68. The quantitative estimate of drug-likeness (QED) is 0.263. The number of hydrogen-bond acceptors (Lipinski definition) is 3. The van der Waals surface area contributed by atoms with Gasteiger partial charge in [0.05, 0.1) is 19.4 Å². The van der Waals surface area contributed by atoms with Crippen LogP contribution in [0, 0.1) is 6.92 Å². The Labute approximate surface area is 171 Å². The second kappa shape index (κ2) is 12.2. The average Bonchev–Trinajstić information content (AvgIpc) is 3.09. The Kier molecular flexibility index (Phi) is 10.6. The largest absolute Gasteiger partial charge is 0.469 e. The number of aryl methyl sites for hydroxylation is 1. The van der Waals surface area contributed by atoms with Gasteiger partial charge in [-0.1, -0.05) is 23.7 Å². The van der Waals surface area contributed by atoms with Gasteiger partial charge < -0.3 is 19.8 Å². The molecule has 1 aromatic heterocycles. The summed E-state index contributed by atoms with van der Waals surface area (Å²) in [5.74, 6) is 1.71. The summed E-state index contributed by atoms with van der Waals surface area (Å²) in [6, 6.07) is 9.82. The third kappa shape index (κ3) is 8.11. The molecule has 0 bridgehead atoms. The van der Waals surface area contributed by atoms with Crippen LogP contribution in [-0.2, 0) is 17.7 Å². The van der Waals surface area contributed by atoms with E-state index in [0.717, 1.165) is 40.8 Å². The van der Waals surface area contributed by atoms with Gasteiger partial charge in [0.15, 0.2) is 5.96 Å². The molecule has 0 aliphatic heterocycles. The highest BCUT2D eigenvalue weighted by Crippen LogP contribution is 2.16. The lowest BCUT2D eigenvalue weighted by Gasteiger charge is -2.12. The maximum atomic E-state index is 6.06. The van der Waals surface area contributed by atoms with Gasteiger partial charge >= 0.3 is 0 Å². The molecule has 0 atom stereocenters. The average molecular weight is 478 g/mol. The number of methoxy groups -OCH3 is 1. The van der Waals surface area contributed by atoms with Crippen molar-refractivity contribution in [1.29, 1.82) is 0 Å². The minimum Gasteiger partial charge on any atom is -0.469 e. The Morgan fingerprint density at radius 1 is 1.24 bits per heavy atom. The van der Waals surface area contributed by atoms with Crippen molar-refractivity contribution in [3.63, 3.8) is 0 Å². The zero-order valence-electron chi connectivity index (χ0n) is 14.5. The molecule has 2 N–H and O–H groups in total. The molecule has 0 fully saturated rings. The van der Waals surface area contributed by atoms with Gasteiger partial charge in [0, 0.05) is 31.6 Å². The van der Waals surface area contributed by atoms with Crippen molar-refractivity contribution in [2.75, 3.05) is 26.8 Å². The van der Waals surface area contributed by atoms with Crippen LogP contribution in [0.2, 0.25) is 5.02 Å². The van der Waals surface area contributed by atoms with Crippen LogP contribution in [0.3, 0.4) is 0 Å². The van der Waals surface area contributed by atoms with E-state index in [4.69, 9.17) is 20.8 Å². The molecule has 1 aromatic carbocycles. The van der Waals surface area contributed by atoms with Crippen LogP contribution in [0.15, 0.2) is 46.0 Å². The maximum Gasteiger partial charge on any atom is 0.191 e. The summed E-state index contributed by atoms with van der Waals surface area (Å²) in [4.78, 5) is 4.62. The van der Waals surface area contributed by atoms with Crippen molar-refractivity contribution in [2.45, 2.75) is 19.9 Å². The molecule has 0 radical (unpaired) electrons. The predicted octanol–water partition coefficient (Wildman–Crippen LogP) is 3.78. The normalized spacial score (nSPS) is 11.1. The third-order valence-electron chi connectivity index (χ3n) is 3.48. The summed E-state index contributed by atoms with van der Waals surface area (Å²) < 4.78 is 10.4. The number of hydrogen-bond donors (Lipinski definition) is 2. The van der Waals surface area contributed by atoms with Crippen molar-refractivity contribution in [3.05, 3.63) is 58.5 Å². The number of nitrogens with one attached hydrogen (secondary N) is 2. The van der Waals surface area contributed by atoms with E-state index < -0.39 is 0 Å². The number of halogens is 2. The highest BCUT2D eigenvalue weighted by Gasteiger charge is 2.02. The van der Waals surface area contributed by atoms with E-state index >= 15 is 0 Å². The van der Waals surface area contributed by atoms with Crippen LogP contribution >= 0.6 is 35.6 Å². The first-order chi connectivity index (χ1) is 11.7. The Bertz CT molecular complexity index is 648. The molecule has 0 aliphatic rings. The lowest BCUT2D eigenvalue weighted by molar-refractivity contribution is 0.203. The summed E-state index contributed by atoms with van der Waals surface area (Å²) in [6.07, 6.45) is 2.49. The zero-order chi connectivity index (χ0) is 17.2. The van der Waals surface area contributed by atoms with E-state index in [1.54, 1.807) is 13.4 Å². The van der Waals surface area contributed by atoms with Gasteiger partial charge in [-0.2, -0.15) is 0 Å². The minimum absolute atomic E-state index is 0. The SMILES string of the molecule is COCCNC(=NCc1ccc(Cl)c(C)c1)NCCc1ccco1.I. The summed E-state index contributed by atoms with van der Waals surface area (Å²) >= 11 is 6.06. The molecule has 5 nitrogen and oxygen atoms in total. The van der Waals surface area contributed by atoms with E-state index in [0.29, 0.717) is 19.7 Å². The van der Waals surface area contributed by atoms with Gasteiger partial charge in [-0.25, -0.2) is 4.99 Å². The van der Waals surface area contributed by atoms with Crippen LogP contribution in [0.25, 0.3) is 0 Å². The number of nitrogens with zero attached hydrogens (tertiary/aromatic N) is 1. The zero-order valence-corrected chi connectivity index (χ0v) is 17.6. The Morgan fingerprint density at radius 2 is 2.04 bits per heavy atom. The second-order valence-electron chi connectivity index (χ2n) is 5.42. The fraction of sp³-hybridized carbons (Fsp3) is 0.389. The molecule has 1 heterocycles. The molecule has 2 rings (SSSR count). The van der Waals surface area contributed by atoms with Crippen molar-refractivity contribution >= 4 is 41.5 Å². The number of ether oxygens (including phenoxy) is 1. The van der Waals surface area contributed by atoms with E-state index in [9.17, 15) is 0 Å². The van der Waals surface area contributed by atoms with Crippen molar-refractivity contribution < 1.29 is 9.15 Å². The lowest BCUT2D eigenvalue weighted by Crippen LogP contribution is -2.40. The van der Waals surface area contributed by atoms with Gasteiger partial charge in [0.2, 0.25) is 0 Å². The smallest absolute Gasteiger partial charge is 0.191 e. The van der Waals surface area contributed by atoms with E-state index in [2.05, 4.69) is 21.7 Å². The molecule has 0 saturated heterocycles. The molecule has 0 unspecified atom stereocenters. The van der Waals surface area contributed by atoms with Crippen molar-refractivity contribution in [2.24, 2.45) is 4.99 Å². The van der Waals surface area contributed by atoms with E-state index in [-0.39, 0.29) is 24.0 Å². The van der Waals surface area contributed by atoms with Crippen LogP contribution in [0.4, 0.5) is 0 Å². The van der Waals surface area contributed by atoms with Crippen LogP contribution in [0.5, 0.6) is 0 Å². The fourth-order valence-electron chi connectivity index (χ4n) is 2.18. The predicted molar refractivity (Wildman–Crippen MR) is 113 cm³/mol. The molecular formula is C18H25ClIN3O2. The summed E-state index contributed by atoms with van der Waals surface area (Å²) in [5, 5.41) is 7.34. The Hall–Kier alpha value is -1.25. The Morgan fingerprint density at radius 3 is 2.72 bits per heavy atom. The van der Waals surface area contributed by atoms with Crippen LogP contribution in [-0.4, -0.2) is 32.8 Å². The first kappa shape index (κ1) is 21.8. The lowest BCUT2D eigenvalue weighted by atomic mass is 10.1. The molecule has 0 aliphatic carbocycles. The van der Waals surface area contributed by atoms with Gasteiger partial charge in [0.25, 0.3) is 0 Å².